The predicted molar refractivity (Wildman–Crippen MR) is 79.2 cm³/mol. The van der Waals surface area contributed by atoms with Gasteiger partial charge in [0.15, 0.2) is 17.6 Å². The van der Waals surface area contributed by atoms with Crippen LogP contribution in [0, 0.1) is 13.8 Å². The van der Waals surface area contributed by atoms with E-state index in [0.29, 0.717) is 6.61 Å². The van der Waals surface area contributed by atoms with Crippen molar-refractivity contribution in [1.82, 2.24) is 0 Å². The van der Waals surface area contributed by atoms with Gasteiger partial charge in [0, 0.05) is 0 Å². The molecule has 0 aromatic heterocycles. The number of ether oxygens (including phenoxy) is 2. The first kappa shape index (κ1) is 13.0. The lowest BCUT2D eigenvalue weighted by atomic mass is 9.95. The SMILES string of the molecule is Cc1ccc(C)c(C(N)C2COc3ccccc3O2)c1. The number of para-hydroxylation sites is 2. The van der Waals surface area contributed by atoms with Crippen molar-refractivity contribution >= 4 is 0 Å². The Morgan fingerprint density at radius 2 is 1.85 bits per heavy atom. The van der Waals surface area contributed by atoms with Crippen LogP contribution in [0.4, 0.5) is 0 Å². The van der Waals surface area contributed by atoms with Crippen LogP contribution in [0.25, 0.3) is 0 Å². The summed E-state index contributed by atoms with van der Waals surface area (Å²) in [6.07, 6.45) is -0.162. The average molecular weight is 269 g/mol. The topological polar surface area (TPSA) is 44.5 Å². The second-order valence-corrected chi connectivity index (χ2v) is 5.30. The lowest BCUT2D eigenvalue weighted by molar-refractivity contribution is 0.0720. The van der Waals surface area contributed by atoms with E-state index in [1.807, 2.05) is 24.3 Å². The zero-order valence-corrected chi connectivity index (χ0v) is 11.8. The number of nitrogens with two attached hydrogens (primary N) is 1. The van der Waals surface area contributed by atoms with Gasteiger partial charge in [-0.15, -0.1) is 0 Å². The van der Waals surface area contributed by atoms with Gasteiger partial charge >= 0.3 is 0 Å². The van der Waals surface area contributed by atoms with Gasteiger partial charge in [0.2, 0.25) is 0 Å². The molecule has 0 saturated carbocycles. The molecular formula is C17H19NO2. The highest BCUT2D eigenvalue weighted by molar-refractivity contribution is 5.41. The lowest BCUT2D eigenvalue weighted by Crippen LogP contribution is -2.39. The van der Waals surface area contributed by atoms with Crippen LogP contribution in [-0.4, -0.2) is 12.7 Å². The van der Waals surface area contributed by atoms with Crippen LogP contribution in [-0.2, 0) is 0 Å². The van der Waals surface area contributed by atoms with E-state index in [-0.39, 0.29) is 12.1 Å². The first-order chi connectivity index (χ1) is 9.65. The molecule has 1 heterocycles. The monoisotopic (exact) mass is 269 g/mol. The predicted octanol–water partition coefficient (Wildman–Crippen LogP) is 3.14. The second-order valence-electron chi connectivity index (χ2n) is 5.30. The minimum Gasteiger partial charge on any atom is -0.486 e. The van der Waals surface area contributed by atoms with Crippen molar-refractivity contribution in [3.05, 3.63) is 59.2 Å². The Hall–Kier alpha value is -2.00. The third-order valence-corrected chi connectivity index (χ3v) is 3.73. The Morgan fingerprint density at radius 1 is 1.10 bits per heavy atom. The fraction of sp³-hybridized carbons (Fsp3) is 0.294. The molecule has 3 heteroatoms. The molecular weight excluding hydrogens is 250 g/mol. The Kier molecular flexibility index (Phi) is 3.36. The fourth-order valence-electron chi connectivity index (χ4n) is 2.53. The van der Waals surface area contributed by atoms with Crippen molar-refractivity contribution in [3.8, 4) is 11.5 Å². The van der Waals surface area contributed by atoms with E-state index in [2.05, 4.69) is 32.0 Å². The summed E-state index contributed by atoms with van der Waals surface area (Å²) in [5.74, 6) is 1.56. The van der Waals surface area contributed by atoms with Gasteiger partial charge < -0.3 is 15.2 Å². The number of benzene rings is 2. The summed E-state index contributed by atoms with van der Waals surface area (Å²) in [5.41, 5.74) is 9.91. The maximum absolute atomic E-state index is 6.39. The van der Waals surface area contributed by atoms with Crippen LogP contribution in [0.1, 0.15) is 22.7 Å². The van der Waals surface area contributed by atoms with Gasteiger partial charge in [0.05, 0.1) is 6.04 Å². The van der Waals surface area contributed by atoms with Crippen molar-refractivity contribution in [1.29, 1.82) is 0 Å². The Bertz CT molecular complexity index is 624. The second kappa shape index (κ2) is 5.17. The minimum atomic E-state index is -0.191. The van der Waals surface area contributed by atoms with Gasteiger partial charge in [-0.3, -0.25) is 0 Å². The van der Waals surface area contributed by atoms with E-state index < -0.39 is 0 Å². The average Bonchev–Trinajstić information content (AvgIpc) is 2.48. The molecule has 2 unspecified atom stereocenters. The maximum atomic E-state index is 6.39. The van der Waals surface area contributed by atoms with E-state index in [1.165, 1.54) is 11.1 Å². The summed E-state index contributed by atoms with van der Waals surface area (Å²) in [6.45, 7) is 4.63. The van der Waals surface area contributed by atoms with E-state index >= 15 is 0 Å². The first-order valence-electron chi connectivity index (χ1n) is 6.86. The summed E-state index contributed by atoms with van der Waals surface area (Å²) >= 11 is 0. The number of rotatable bonds is 2. The molecule has 0 radical (unpaired) electrons. The third kappa shape index (κ3) is 2.37. The van der Waals surface area contributed by atoms with Crippen molar-refractivity contribution in [2.45, 2.75) is 26.0 Å². The summed E-state index contributed by atoms with van der Waals surface area (Å²) in [5, 5.41) is 0. The molecule has 3 nitrogen and oxygen atoms in total. The van der Waals surface area contributed by atoms with Crippen LogP contribution in [0.5, 0.6) is 11.5 Å². The molecule has 0 fully saturated rings. The van der Waals surface area contributed by atoms with Crippen molar-refractivity contribution in [2.24, 2.45) is 5.73 Å². The summed E-state index contributed by atoms with van der Waals surface area (Å²) in [4.78, 5) is 0. The third-order valence-electron chi connectivity index (χ3n) is 3.73. The fourth-order valence-corrected chi connectivity index (χ4v) is 2.53. The van der Waals surface area contributed by atoms with Gasteiger partial charge in [0.1, 0.15) is 6.61 Å². The number of hydrogen-bond acceptors (Lipinski definition) is 3. The standard InChI is InChI=1S/C17H19NO2/c1-11-7-8-12(2)13(9-11)17(18)16-10-19-14-5-3-4-6-15(14)20-16/h3-9,16-17H,10,18H2,1-2H3. The summed E-state index contributed by atoms with van der Waals surface area (Å²) in [7, 11) is 0. The smallest absolute Gasteiger partial charge is 0.161 e. The molecule has 2 atom stereocenters. The van der Waals surface area contributed by atoms with Crippen LogP contribution in [0.3, 0.4) is 0 Å². The zero-order valence-electron chi connectivity index (χ0n) is 11.8. The molecule has 1 aliphatic heterocycles. The van der Waals surface area contributed by atoms with Gasteiger partial charge in [-0.2, -0.15) is 0 Å². The van der Waals surface area contributed by atoms with Crippen LogP contribution >= 0.6 is 0 Å². The van der Waals surface area contributed by atoms with E-state index in [1.54, 1.807) is 0 Å². The molecule has 2 aromatic rings. The summed E-state index contributed by atoms with van der Waals surface area (Å²) < 4.78 is 11.7. The van der Waals surface area contributed by atoms with E-state index in [0.717, 1.165) is 17.1 Å². The van der Waals surface area contributed by atoms with Crippen LogP contribution < -0.4 is 15.2 Å². The van der Waals surface area contributed by atoms with Gasteiger partial charge in [0.25, 0.3) is 0 Å². The maximum Gasteiger partial charge on any atom is 0.161 e. The number of hydrogen-bond donors (Lipinski definition) is 1. The van der Waals surface area contributed by atoms with Crippen LogP contribution in [0.2, 0.25) is 0 Å². The first-order valence-corrected chi connectivity index (χ1v) is 6.86. The van der Waals surface area contributed by atoms with Gasteiger partial charge in [-0.25, -0.2) is 0 Å². The number of fused-ring (bicyclic) bond motifs is 1. The highest BCUT2D eigenvalue weighted by Crippen LogP contribution is 2.34. The quantitative estimate of drug-likeness (QED) is 0.911. The van der Waals surface area contributed by atoms with Gasteiger partial charge in [-0.1, -0.05) is 35.9 Å². The zero-order chi connectivity index (χ0) is 14.1. The highest BCUT2D eigenvalue weighted by Gasteiger charge is 2.28. The molecule has 2 N–H and O–H groups in total. The normalized spacial score (nSPS) is 18.6. The van der Waals surface area contributed by atoms with Crippen LogP contribution in [0.15, 0.2) is 42.5 Å². The molecule has 2 aromatic carbocycles. The van der Waals surface area contributed by atoms with Crippen molar-refractivity contribution < 1.29 is 9.47 Å². The molecule has 0 aliphatic carbocycles. The Morgan fingerprint density at radius 3 is 2.65 bits per heavy atom. The molecule has 0 bridgehead atoms. The Labute approximate surface area is 119 Å². The van der Waals surface area contributed by atoms with Crippen molar-refractivity contribution in [2.75, 3.05) is 6.61 Å². The Balaban J connectivity index is 1.85. The molecule has 0 saturated heterocycles. The molecule has 20 heavy (non-hydrogen) atoms. The summed E-state index contributed by atoms with van der Waals surface area (Å²) in [6, 6.07) is 13.8. The molecule has 3 rings (SSSR count). The van der Waals surface area contributed by atoms with Crippen molar-refractivity contribution in [3.63, 3.8) is 0 Å². The minimum absolute atomic E-state index is 0.162. The largest absolute Gasteiger partial charge is 0.486 e. The lowest BCUT2D eigenvalue weighted by Gasteiger charge is -2.31. The number of aryl methyl sites for hydroxylation is 2. The molecule has 0 amide bonds. The van der Waals surface area contributed by atoms with Gasteiger partial charge in [-0.05, 0) is 37.1 Å². The van der Waals surface area contributed by atoms with E-state index in [4.69, 9.17) is 15.2 Å². The highest BCUT2D eigenvalue weighted by atomic mass is 16.6. The molecule has 104 valence electrons. The molecule has 1 aliphatic rings. The molecule has 0 spiro atoms. The van der Waals surface area contributed by atoms with E-state index in [9.17, 15) is 0 Å².